The van der Waals surface area contributed by atoms with E-state index in [0.717, 1.165) is 6.07 Å². The maximum absolute atomic E-state index is 13.2. The Morgan fingerprint density at radius 2 is 2.19 bits per heavy atom. The number of halogens is 2. The predicted molar refractivity (Wildman–Crippen MR) is 58.6 cm³/mol. The zero-order chi connectivity index (χ0) is 11.9. The fourth-order valence-electron chi connectivity index (χ4n) is 1.38. The largest absolute Gasteiger partial charge is 0.506 e. The van der Waals surface area contributed by atoms with Crippen molar-refractivity contribution in [1.82, 2.24) is 4.98 Å². The number of fused-ring (bicyclic) bond motifs is 1. The number of H-pyrrole nitrogens is 1. The Balaban J connectivity index is 3.01. The van der Waals surface area contributed by atoms with Gasteiger partial charge < -0.3 is 10.1 Å². The number of aromatic hydroxyl groups is 1. The van der Waals surface area contributed by atoms with E-state index in [0.29, 0.717) is 0 Å². The van der Waals surface area contributed by atoms with Crippen LogP contribution >= 0.6 is 15.9 Å². The second kappa shape index (κ2) is 3.61. The van der Waals surface area contributed by atoms with Crippen LogP contribution in [0.1, 0.15) is 5.56 Å². The van der Waals surface area contributed by atoms with Crippen LogP contribution < -0.4 is 5.56 Å². The predicted octanol–water partition coefficient (Wildman–Crippen LogP) is 2.01. The van der Waals surface area contributed by atoms with E-state index in [1.807, 2.05) is 0 Å². The molecule has 2 aromatic rings. The summed E-state index contributed by atoms with van der Waals surface area (Å²) in [6, 6.07) is 3.94. The highest BCUT2D eigenvalue weighted by Gasteiger charge is 2.13. The Morgan fingerprint density at radius 3 is 2.81 bits per heavy atom. The van der Waals surface area contributed by atoms with Gasteiger partial charge >= 0.3 is 0 Å². The van der Waals surface area contributed by atoms with Gasteiger partial charge in [0, 0.05) is 5.39 Å². The smallest absolute Gasteiger partial charge is 0.270 e. The molecule has 0 aliphatic carbocycles. The molecule has 1 heterocycles. The summed E-state index contributed by atoms with van der Waals surface area (Å²) >= 11 is 2.96. The van der Waals surface area contributed by atoms with Crippen molar-refractivity contribution in [1.29, 1.82) is 5.26 Å². The lowest BCUT2D eigenvalue weighted by atomic mass is 10.1. The van der Waals surface area contributed by atoms with Crippen molar-refractivity contribution in [2.45, 2.75) is 0 Å². The number of nitriles is 1. The molecule has 0 bridgehead atoms. The highest BCUT2D eigenvalue weighted by Crippen LogP contribution is 2.28. The Bertz CT molecular complexity index is 688. The first-order valence-corrected chi connectivity index (χ1v) is 4.98. The van der Waals surface area contributed by atoms with Gasteiger partial charge in [-0.15, -0.1) is 0 Å². The number of rotatable bonds is 0. The van der Waals surface area contributed by atoms with Crippen molar-refractivity contribution < 1.29 is 9.50 Å². The molecule has 1 aromatic heterocycles. The minimum atomic E-state index is -0.703. The first-order valence-electron chi connectivity index (χ1n) is 4.18. The molecule has 6 heteroatoms. The molecule has 0 aliphatic rings. The standard InChI is InChI=1S/C10H4BrFN2O2/c11-6-2-8-4(1-7(6)12)9(15)5(3-13)10(16)14-8/h1-2H,(H2,14,15,16). The fourth-order valence-corrected chi connectivity index (χ4v) is 1.72. The fraction of sp³-hybridized carbons (Fsp3) is 0. The highest BCUT2D eigenvalue weighted by atomic mass is 79.9. The van der Waals surface area contributed by atoms with Crippen LogP contribution in [0.2, 0.25) is 0 Å². The van der Waals surface area contributed by atoms with Gasteiger partial charge in [-0.1, -0.05) is 0 Å². The van der Waals surface area contributed by atoms with Crippen LogP contribution in [0.5, 0.6) is 5.75 Å². The van der Waals surface area contributed by atoms with E-state index in [4.69, 9.17) is 5.26 Å². The lowest BCUT2D eigenvalue weighted by Crippen LogP contribution is -2.10. The molecule has 0 amide bonds. The molecule has 2 N–H and O–H groups in total. The van der Waals surface area contributed by atoms with Gasteiger partial charge in [0.25, 0.3) is 5.56 Å². The summed E-state index contributed by atoms with van der Waals surface area (Å²) in [7, 11) is 0. The van der Waals surface area contributed by atoms with Gasteiger partial charge in [0.2, 0.25) is 0 Å². The van der Waals surface area contributed by atoms with E-state index in [1.54, 1.807) is 6.07 Å². The normalized spacial score (nSPS) is 10.3. The van der Waals surface area contributed by atoms with Gasteiger partial charge in [-0.05, 0) is 28.1 Å². The summed E-state index contributed by atoms with van der Waals surface area (Å²) in [5.74, 6) is -1.09. The van der Waals surface area contributed by atoms with Gasteiger partial charge in [-0.25, -0.2) is 4.39 Å². The van der Waals surface area contributed by atoms with E-state index < -0.39 is 22.7 Å². The van der Waals surface area contributed by atoms with Gasteiger partial charge in [0.1, 0.15) is 17.6 Å². The molecular formula is C10H4BrFN2O2. The van der Waals surface area contributed by atoms with Gasteiger partial charge in [0.05, 0.1) is 9.99 Å². The molecule has 80 valence electrons. The zero-order valence-electron chi connectivity index (χ0n) is 7.71. The monoisotopic (exact) mass is 282 g/mol. The van der Waals surface area contributed by atoms with Crippen molar-refractivity contribution in [3.63, 3.8) is 0 Å². The van der Waals surface area contributed by atoms with Crippen molar-refractivity contribution >= 4 is 26.8 Å². The van der Waals surface area contributed by atoms with Gasteiger partial charge in [0.15, 0.2) is 5.56 Å². The Morgan fingerprint density at radius 1 is 1.50 bits per heavy atom. The number of nitrogens with one attached hydrogen (secondary N) is 1. The number of hydrogen-bond donors (Lipinski definition) is 2. The molecule has 0 aliphatic heterocycles. The minimum Gasteiger partial charge on any atom is -0.506 e. The molecule has 0 fully saturated rings. The Kier molecular flexibility index (Phi) is 2.40. The van der Waals surface area contributed by atoms with Crippen LogP contribution in [0.25, 0.3) is 10.9 Å². The summed E-state index contributed by atoms with van der Waals surface area (Å²) < 4.78 is 13.4. The first-order chi connectivity index (χ1) is 7.54. The molecule has 0 spiro atoms. The van der Waals surface area contributed by atoms with Crippen molar-refractivity contribution in [2.24, 2.45) is 0 Å². The van der Waals surface area contributed by atoms with E-state index >= 15 is 0 Å². The highest BCUT2D eigenvalue weighted by molar-refractivity contribution is 9.10. The third-order valence-electron chi connectivity index (χ3n) is 2.14. The summed E-state index contributed by atoms with van der Waals surface area (Å²) in [5, 5.41) is 18.4. The van der Waals surface area contributed by atoms with Crippen molar-refractivity contribution in [3.8, 4) is 11.8 Å². The molecule has 4 nitrogen and oxygen atoms in total. The van der Waals surface area contributed by atoms with Gasteiger partial charge in [-0.3, -0.25) is 4.79 Å². The molecular weight excluding hydrogens is 279 g/mol. The second-order valence-electron chi connectivity index (χ2n) is 3.10. The molecule has 0 unspecified atom stereocenters. The molecule has 0 saturated heterocycles. The van der Waals surface area contributed by atoms with Gasteiger partial charge in [-0.2, -0.15) is 5.26 Å². The molecule has 0 saturated carbocycles. The average molecular weight is 283 g/mol. The number of aromatic amines is 1. The van der Waals surface area contributed by atoms with Crippen LogP contribution in [0.4, 0.5) is 4.39 Å². The lowest BCUT2D eigenvalue weighted by Gasteiger charge is -2.03. The first kappa shape index (κ1) is 10.6. The van der Waals surface area contributed by atoms with Crippen LogP contribution in [-0.4, -0.2) is 10.1 Å². The molecule has 0 atom stereocenters. The quantitative estimate of drug-likeness (QED) is 0.776. The summed E-state index contributed by atoms with van der Waals surface area (Å²) in [6.07, 6.45) is 0. The third kappa shape index (κ3) is 1.46. The van der Waals surface area contributed by atoms with E-state index in [-0.39, 0.29) is 15.4 Å². The number of pyridine rings is 1. The summed E-state index contributed by atoms with van der Waals surface area (Å²) in [4.78, 5) is 13.7. The zero-order valence-corrected chi connectivity index (χ0v) is 9.30. The lowest BCUT2D eigenvalue weighted by molar-refractivity contribution is 0.478. The summed E-state index contributed by atoms with van der Waals surface area (Å²) in [6.45, 7) is 0. The van der Waals surface area contributed by atoms with Crippen LogP contribution in [0.15, 0.2) is 21.4 Å². The van der Waals surface area contributed by atoms with Crippen molar-refractivity contribution in [3.05, 3.63) is 38.3 Å². The molecule has 16 heavy (non-hydrogen) atoms. The van der Waals surface area contributed by atoms with Crippen LogP contribution in [0, 0.1) is 17.1 Å². The van der Waals surface area contributed by atoms with Crippen LogP contribution in [0.3, 0.4) is 0 Å². The van der Waals surface area contributed by atoms with E-state index in [9.17, 15) is 14.3 Å². The average Bonchev–Trinajstić information content (AvgIpc) is 2.22. The topological polar surface area (TPSA) is 76.9 Å². The molecule has 0 radical (unpaired) electrons. The SMILES string of the molecule is N#Cc1c(O)c2cc(F)c(Br)cc2[nH]c1=O. The minimum absolute atomic E-state index is 0.0943. The number of nitrogens with zero attached hydrogens (tertiary/aromatic N) is 1. The maximum atomic E-state index is 13.2. The summed E-state index contributed by atoms with van der Waals surface area (Å²) in [5.41, 5.74) is -0.866. The Hall–Kier alpha value is -1.87. The molecule has 1 aromatic carbocycles. The van der Waals surface area contributed by atoms with E-state index in [1.165, 1.54) is 6.07 Å². The van der Waals surface area contributed by atoms with E-state index in [2.05, 4.69) is 20.9 Å². The van der Waals surface area contributed by atoms with Crippen molar-refractivity contribution in [2.75, 3.05) is 0 Å². The molecule has 2 rings (SSSR count). The second-order valence-corrected chi connectivity index (χ2v) is 3.96. The number of aromatic nitrogens is 1. The maximum Gasteiger partial charge on any atom is 0.270 e. The number of benzene rings is 1. The number of hydrogen-bond acceptors (Lipinski definition) is 3. The van der Waals surface area contributed by atoms with Crippen LogP contribution in [-0.2, 0) is 0 Å². The third-order valence-corrected chi connectivity index (χ3v) is 2.75. The Labute approximate surface area is 97.1 Å².